The molecule has 0 radical (unpaired) electrons. The van der Waals surface area contributed by atoms with Crippen molar-refractivity contribution in [1.29, 1.82) is 0 Å². The van der Waals surface area contributed by atoms with Crippen molar-refractivity contribution >= 4 is 62.4 Å². The summed E-state index contributed by atoms with van der Waals surface area (Å²) in [4.78, 5) is 13.6. The number of ether oxygens (including phenoxy) is 1. The number of fused-ring (bicyclic) bond motifs is 11. The Morgan fingerprint density at radius 1 is 0.655 bits per heavy atom. The molecule has 0 saturated carbocycles. The van der Waals surface area contributed by atoms with E-state index in [0.717, 1.165) is 61.6 Å². The molecule has 0 amide bonds. The molecule has 2 aliphatic heterocycles. The first-order valence-corrected chi connectivity index (χ1v) is 19.2. The molecule has 58 heavy (non-hydrogen) atoms. The van der Waals surface area contributed by atoms with E-state index in [2.05, 4.69) is 187 Å². The second-order valence-corrected chi connectivity index (χ2v) is 15.5. The van der Waals surface area contributed by atoms with Crippen molar-refractivity contribution in [3.05, 3.63) is 180 Å². The zero-order chi connectivity index (χ0) is 38.6. The molecule has 11 rings (SSSR count). The predicted molar refractivity (Wildman–Crippen MR) is 233 cm³/mol. The predicted octanol–water partition coefficient (Wildman–Crippen LogP) is 10.6. The maximum atomic E-state index is 6.78. The number of hydrogen-bond donors (Lipinski definition) is 0. The molecule has 4 heterocycles. The van der Waals surface area contributed by atoms with Gasteiger partial charge in [-0.3, -0.25) is 0 Å². The molecule has 0 N–H and O–H groups in total. The van der Waals surface area contributed by atoms with E-state index in [0.29, 0.717) is 11.5 Å². The maximum Gasteiger partial charge on any atom is 0.135 e. The van der Waals surface area contributed by atoms with Gasteiger partial charge in [-0.2, -0.15) is 18.8 Å². The summed E-state index contributed by atoms with van der Waals surface area (Å²) in [6.45, 7) is 2.17. The van der Waals surface area contributed by atoms with Gasteiger partial charge in [0.05, 0.1) is 0 Å². The van der Waals surface area contributed by atoms with Crippen LogP contribution in [-0.2, 0) is 26.5 Å². The molecule has 2 aromatic heterocycles. The van der Waals surface area contributed by atoms with Crippen molar-refractivity contribution in [1.82, 2.24) is 9.55 Å². The molecule has 0 unspecified atom stereocenters. The van der Waals surface area contributed by atoms with Gasteiger partial charge in [-0.25, -0.2) is 4.98 Å². The Kier molecular flexibility index (Phi) is 8.33. The van der Waals surface area contributed by atoms with Gasteiger partial charge in [0, 0.05) is 101 Å². The number of aromatic nitrogens is 2. The first kappa shape index (κ1) is 36.1. The fourth-order valence-electron chi connectivity index (χ4n) is 9.26. The van der Waals surface area contributed by atoms with Crippen LogP contribution in [0.3, 0.4) is 0 Å². The van der Waals surface area contributed by atoms with E-state index in [4.69, 9.17) is 9.72 Å². The van der Waals surface area contributed by atoms with Crippen LogP contribution in [0.5, 0.6) is 11.5 Å². The SMILES string of the molecule is CN(C)c1ccc2c(c1)C1(c3ccc(Oc4[c-]c5c(cc4)c4ccccc4n5-c4ccccn4)[c-]c3N3[CH-]N(C)c4cccc1c43)c1cc(N(C)C)ccc1C=C2.[Pt]. The van der Waals surface area contributed by atoms with Gasteiger partial charge in [0.25, 0.3) is 0 Å². The molecule has 7 nitrogen and oxygen atoms in total. The Morgan fingerprint density at radius 2 is 1.34 bits per heavy atom. The van der Waals surface area contributed by atoms with E-state index in [1.165, 1.54) is 27.8 Å². The summed E-state index contributed by atoms with van der Waals surface area (Å²) in [5.74, 6) is 2.05. The molecule has 8 aromatic rings. The summed E-state index contributed by atoms with van der Waals surface area (Å²) >= 11 is 0. The molecule has 0 fully saturated rings. The number of benzene rings is 6. The van der Waals surface area contributed by atoms with Crippen LogP contribution in [0.1, 0.15) is 33.4 Å². The monoisotopic (exact) mass is 934 g/mol. The van der Waals surface area contributed by atoms with Crippen LogP contribution in [0, 0.1) is 18.8 Å². The largest absolute Gasteiger partial charge is 0.509 e. The van der Waals surface area contributed by atoms with E-state index in [-0.39, 0.29) is 21.1 Å². The average molecular weight is 935 g/mol. The zero-order valence-electron chi connectivity index (χ0n) is 32.8. The number of hydrogen-bond acceptors (Lipinski definition) is 6. The average Bonchev–Trinajstić information content (AvgIpc) is 3.70. The van der Waals surface area contributed by atoms with Gasteiger partial charge in [-0.05, 0) is 88.8 Å². The topological polar surface area (TPSA) is 40.0 Å². The molecule has 1 spiro atoms. The van der Waals surface area contributed by atoms with Crippen LogP contribution in [0.25, 0.3) is 39.8 Å². The normalized spacial score (nSPS) is 14.1. The quantitative estimate of drug-likeness (QED) is 0.160. The van der Waals surface area contributed by atoms with E-state index in [1.807, 2.05) is 30.5 Å². The van der Waals surface area contributed by atoms with Gasteiger partial charge in [0.1, 0.15) is 5.82 Å². The summed E-state index contributed by atoms with van der Waals surface area (Å²) in [5, 5.41) is 2.23. The van der Waals surface area contributed by atoms with Gasteiger partial charge >= 0.3 is 0 Å². The second-order valence-electron chi connectivity index (χ2n) is 15.5. The van der Waals surface area contributed by atoms with Gasteiger partial charge in [-0.1, -0.05) is 71.9 Å². The van der Waals surface area contributed by atoms with Crippen molar-refractivity contribution in [2.45, 2.75) is 5.41 Å². The van der Waals surface area contributed by atoms with Crippen LogP contribution < -0.4 is 24.3 Å². The van der Waals surface area contributed by atoms with Crippen molar-refractivity contribution in [3.8, 4) is 17.3 Å². The molecule has 8 heteroatoms. The van der Waals surface area contributed by atoms with Crippen molar-refractivity contribution in [2.75, 3.05) is 54.8 Å². The molecular weight excluding hydrogens is 896 g/mol. The fraction of sp³-hybridized carbons (Fsp3) is 0.120. The van der Waals surface area contributed by atoms with Crippen LogP contribution >= 0.6 is 0 Å². The third-order valence-electron chi connectivity index (χ3n) is 11.9. The van der Waals surface area contributed by atoms with E-state index in [9.17, 15) is 0 Å². The Morgan fingerprint density at radius 3 is 2.05 bits per heavy atom. The molecular formula is C50H39N6OPt-3. The van der Waals surface area contributed by atoms with Gasteiger partial charge in [0.2, 0.25) is 0 Å². The molecule has 3 aliphatic rings. The van der Waals surface area contributed by atoms with Gasteiger partial charge < -0.3 is 28.9 Å². The van der Waals surface area contributed by atoms with E-state index in [1.54, 1.807) is 0 Å². The molecule has 0 saturated heterocycles. The Labute approximate surface area is 353 Å². The summed E-state index contributed by atoms with van der Waals surface area (Å²) in [7, 11) is 10.6. The van der Waals surface area contributed by atoms with E-state index >= 15 is 0 Å². The summed E-state index contributed by atoms with van der Waals surface area (Å²) < 4.78 is 8.94. The Hall–Kier alpha value is -6.30. The smallest absolute Gasteiger partial charge is 0.135 e. The van der Waals surface area contributed by atoms with E-state index < -0.39 is 5.41 Å². The zero-order valence-corrected chi connectivity index (χ0v) is 35.0. The Balaban J connectivity index is 0.00000408. The van der Waals surface area contributed by atoms with Crippen molar-refractivity contribution in [3.63, 3.8) is 0 Å². The third kappa shape index (κ3) is 5.12. The molecule has 0 atom stereocenters. The summed E-state index contributed by atoms with van der Waals surface area (Å²) in [6.07, 6.45) is 6.39. The molecule has 1 aliphatic carbocycles. The van der Waals surface area contributed by atoms with Crippen LogP contribution in [0.15, 0.2) is 128 Å². The summed E-state index contributed by atoms with van der Waals surface area (Å²) in [6, 6.07) is 50.8. The van der Waals surface area contributed by atoms with Gasteiger partial charge in [-0.15, -0.1) is 35.2 Å². The summed E-state index contributed by atoms with van der Waals surface area (Å²) in [5.41, 5.74) is 14.0. The minimum atomic E-state index is -0.688. The minimum absolute atomic E-state index is 0. The minimum Gasteiger partial charge on any atom is -0.509 e. The molecule has 288 valence electrons. The molecule has 6 aromatic carbocycles. The van der Waals surface area contributed by atoms with Crippen LogP contribution in [0.2, 0.25) is 0 Å². The van der Waals surface area contributed by atoms with Crippen molar-refractivity contribution in [2.24, 2.45) is 0 Å². The fourth-order valence-corrected chi connectivity index (χ4v) is 9.26. The third-order valence-corrected chi connectivity index (χ3v) is 11.9. The first-order valence-electron chi connectivity index (χ1n) is 19.2. The number of para-hydroxylation sites is 2. The standard InChI is InChI=1S/C50H39N6O.Pt/c1-52(2)34-20-18-32-16-17-33-19-21-35(53(3)4)28-43(33)50(42(32)27-34)40-25-23-37(30-47(40)55-31-54(5)45-14-10-12-41(50)49(45)55)57-36-22-24-39-38-11-6-7-13-44(38)56(46(39)29-36)48-15-8-9-26-51-48;/h6-28,31H,1-5H3;/q-3;. The van der Waals surface area contributed by atoms with Crippen LogP contribution in [0.4, 0.5) is 28.4 Å². The second kappa shape index (κ2) is 13.4. The number of pyridine rings is 1. The number of rotatable bonds is 5. The van der Waals surface area contributed by atoms with Crippen molar-refractivity contribution < 1.29 is 25.8 Å². The number of anilines is 5. The number of nitrogens with zero attached hydrogens (tertiary/aromatic N) is 6. The van der Waals surface area contributed by atoms with Gasteiger partial charge in [0.15, 0.2) is 0 Å². The Bertz CT molecular complexity index is 2910. The first-order chi connectivity index (χ1) is 27.8. The van der Waals surface area contributed by atoms with Crippen LogP contribution in [-0.4, -0.2) is 44.8 Å². The molecule has 0 bridgehead atoms. The maximum absolute atomic E-state index is 6.78.